The van der Waals surface area contributed by atoms with Gasteiger partial charge in [-0.3, -0.25) is 0 Å². The largest absolute Gasteiger partial charge is 0.497 e. The molecule has 0 radical (unpaired) electrons. The molecule has 2 nitrogen and oxygen atoms in total. The van der Waals surface area contributed by atoms with Gasteiger partial charge >= 0.3 is 0 Å². The lowest BCUT2D eigenvalue weighted by Gasteiger charge is -2.52. The topological polar surface area (TPSA) is 18.5 Å². The van der Waals surface area contributed by atoms with Crippen molar-refractivity contribution in [1.29, 1.82) is 0 Å². The Morgan fingerprint density at radius 3 is 2.86 bits per heavy atom. The molecule has 2 heteroatoms. The summed E-state index contributed by atoms with van der Waals surface area (Å²) in [6.45, 7) is 5.89. The number of hydrogen-bond acceptors (Lipinski definition) is 2. The van der Waals surface area contributed by atoms with E-state index in [2.05, 4.69) is 32.0 Å². The molecule has 5 rings (SSSR count). The molecule has 1 aromatic rings. The van der Waals surface area contributed by atoms with Crippen LogP contribution in [0.3, 0.4) is 0 Å². The number of fused-ring (bicyclic) bond motifs is 7. The highest BCUT2D eigenvalue weighted by molar-refractivity contribution is 5.41. The van der Waals surface area contributed by atoms with E-state index in [1.807, 2.05) is 0 Å². The van der Waals surface area contributed by atoms with Gasteiger partial charge in [-0.25, -0.2) is 0 Å². The quantitative estimate of drug-likeness (QED) is 0.500. The molecular weight excluding hydrogens is 344 g/mol. The van der Waals surface area contributed by atoms with E-state index < -0.39 is 0 Å². The smallest absolute Gasteiger partial charge is 0.119 e. The third-order valence-corrected chi connectivity index (χ3v) is 9.24. The Morgan fingerprint density at radius 1 is 1.14 bits per heavy atom. The molecule has 6 atom stereocenters. The zero-order valence-electron chi connectivity index (χ0n) is 18.1. The van der Waals surface area contributed by atoms with Crippen molar-refractivity contribution >= 4 is 0 Å². The number of aryl methyl sites for hydroxylation is 1. The van der Waals surface area contributed by atoms with Crippen molar-refractivity contribution in [2.24, 2.45) is 23.2 Å². The Morgan fingerprint density at radius 2 is 2.04 bits per heavy atom. The van der Waals surface area contributed by atoms with Crippen LogP contribution in [0.25, 0.3) is 0 Å². The first-order chi connectivity index (χ1) is 13.6. The number of ether oxygens (including phenoxy) is 2. The Balaban J connectivity index is 1.32. The van der Waals surface area contributed by atoms with Crippen LogP contribution in [-0.2, 0) is 11.2 Å². The van der Waals surface area contributed by atoms with Gasteiger partial charge in [-0.05, 0) is 97.3 Å². The predicted molar refractivity (Wildman–Crippen MR) is 114 cm³/mol. The lowest BCUT2D eigenvalue weighted by atomic mass is 9.54. The Bertz CT molecular complexity index is 727. The molecule has 154 valence electrons. The van der Waals surface area contributed by atoms with E-state index in [-0.39, 0.29) is 5.60 Å². The van der Waals surface area contributed by atoms with Gasteiger partial charge in [-0.2, -0.15) is 0 Å². The van der Waals surface area contributed by atoms with Gasteiger partial charge in [-0.1, -0.05) is 39.2 Å². The van der Waals surface area contributed by atoms with E-state index >= 15 is 0 Å². The first-order valence-corrected chi connectivity index (χ1v) is 11.9. The fraction of sp³-hybridized carbons (Fsp3) is 0.769. The molecule has 0 aromatic heterocycles. The maximum atomic E-state index is 6.75. The molecule has 4 aliphatic rings. The van der Waals surface area contributed by atoms with Crippen molar-refractivity contribution < 1.29 is 9.47 Å². The highest BCUT2D eigenvalue weighted by Crippen LogP contribution is 2.76. The molecular formula is C26H38O2. The van der Waals surface area contributed by atoms with Gasteiger partial charge in [0, 0.05) is 6.61 Å². The molecule has 0 spiro atoms. The highest BCUT2D eigenvalue weighted by atomic mass is 16.5. The van der Waals surface area contributed by atoms with Gasteiger partial charge in [0.15, 0.2) is 0 Å². The minimum atomic E-state index is 0.245. The Kier molecular flexibility index (Phi) is 4.77. The summed E-state index contributed by atoms with van der Waals surface area (Å²) in [4.78, 5) is 0. The van der Waals surface area contributed by atoms with Gasteiger partial charge < -0.3 is 9.47 Å². The van der Waals surface area contributed by atoms with Crippen molar-refractivity contribution in [3.8, 4) is 5.75 Å². The highest BCUT2D eigenvalue weighted by Gasteiger charge is 2.75. The summed E-state index contributed by atoms with van der Waals surface area (Å²) in [5, 5.41) is 0. The molecule has 3 saturated carbocycles. The SMILES string of the molecule is CCCCCCO[C@@]12C[C@@H]1C[C@H]1[C@@H]3CCc4cc(OC)ccc4[C@H]3CC[C@@]12C. The summed E-state index contributed by atoms with van der Waals surface area (Å²) in [5.41, 5.74) is 3.85. The van der Waals surface area contributed by atoms with Crippen molar-refractivity contribution in [2.45, 2.75) is 89.6 Å². The number of unbranched alkanes of at least 4 members (excludes halogenated alkanes) is 3. The molecule has 28 heavy (non-hydrogen) atoms. The van der Waals surface area contributed by atoms with Crippen LogP contribution < -0.4 is 4.74 Å². The maximum Gasteiger partial charge on any atom is 0.119 e. The molecule has 0 bridgehead atoms. The summed E-state index contributed by atoms with van der Waals surface area (Å²) >= 11 is 0. The first-order valence-electron chi connectivity index (χ1n) is 11.9. The minimum Gasteiger partial charge on any atom is -0.497 e. The standard InChI is InChI=1S/C26H38O2/c1-4-5-6-7-14-28-26-17-19(26)16-24-23-10-8-18-15-20(27-3)9-11-21(18)22(23)12-13-25(24,26)2/h9,11,15,19,22-24H,4-8,10,12-14,16-17H2,1-3H3/t19-,22+,23+,24-,25-,26-/m0/s1. The van der Waals surface area contributed by atoms with Gasteiger partial charge in [0.05, 0.1) is 12.7 Å². The molecule has 0 heterocycles. The normalized spacial score (nSPS) is 40.2. The number of benzene rings is 1. The molecule has 3 fully saturated rings. The number of rotatable bonds is 7. The van der Waals surface area contributed by atoms with E-state index in [9.17, 15) is 0 Å². The summed E-state index contributed by atoms with van der Waals surface area (Å²) in [7, 11) is 1.78. The van der Waals surface area contributed by atoms with E-state index in [4.69, 9.17) is 9.47 Å². The van der Waals surface area contributed by atoms with E-state index in [1.165, 1.54) is 64.2 Å². The number of methoxy groups -OCH3 is 1. The molecule has 0 saturated heterocycles. The third-order valence-electron chi connectivity index (χ3n) is 9.24. The van der Waals surface area contributed by atoms with Crippen LogP contribution in [0.5, 0.6) is 5.75 Å². The van der Waals surface area contributed by atoms with Crippen molar-refractivity contribution in [2.75, 3.05) is 13.7 Å². The fourth-order valence-corrected chi connectivity index (χ4v) is 7.68. The molecule has 1 aromatic carbocycles. The van der Waals surface area contributed by atoms with E-state index in [0.717, 1.165) is 36.0 Å². The number of hydrogen-bond donors (Lipinski definition) is 0. The van der Waals surface area contributed by atoms with Gasteiger partial charge in [0.2, 0.25) is 0 Å². The third kappa shape index (κ3) is 2.70. The molecule has 4 aliphatic carbocycles. The second-order valence-corrected chi connectivity index (χ2v) is 10.4. The lowest BCUT2D eigenvalue weighted by Crippen LogP contribution is -2.48. The van der Waals surface area contributed by atoms with Crippen LogP contribution in [0, 0.1) is 23.2 Å². The van der Waals surface area contributed by atoms with Crippen molar-refractivity contribution in [1.82, 2.24) is 0 Å². The summed E-state index contributed by atoms with van der Waals surface area (Å²) in [6, 6.07) is 6.86. The van der Waals surface area contributed by atoms with Crippen LogP contribution in [0.4, 0.5) is 0 Å². The average molecular weight is 383 g/mol. The molecule has 0 aliphatic heterocycles. The Hall–Kier alpha value is -1.02. The van der Waals surface area contributed by atoms with Crippen LogP contribution in [0.1, 0.15) is 88.7 Å². The van der Waals surface area contributed by atoms with E-state index in [0.29, 0.717) is 5.41 Å². The van der Waals surface area contributed by atoms with Gasteiger partial charge in [-0.15, -0.1) is 0 Å². The summed E-state index contributed by atoms with van der Waals surface area (Å²) < 4.78 is 12.2. The Labute approximate surface area is 171 Å². The van der Waals surface area contributed by atoms with Crippen LogP contribution in [-0.4, -0.2) is 19.3 Å². The van der Waals surface area contributed by atoms with E-state index in [1.54, 1.807) is 18.2 Å². The van der Waals surface area contributed by atoms with Crippen LogP contribution in [0.2, 0.25) is 0 Å². The first kappa shape index (κ1) is 19.0. The van der Waals surface area contributed by atoms with Crippen molar-refractivity contribution in [3.05, 3.63) is 29.3 Å². The van der Waals surface area contributed by atoms with Crippen LogP contribution >= 0.6 is 0 Å². The minimum absolute atomic E-state index is 0.245. The predicted octanol–water partition coefficient (Wildman–Crippen LogP) is 6.52. The second kappa shape index (κ2) is 7.04. The molecule has 0 unspecified atom stereocenters. The molecule has 0 amide bonds. The second-order valence-electron chi connectivity index (χ2n) is 10.4. The summed E-state index contributed by atoms with van der Waals surface area (Å²) in [5.74, 6) is 4.39. The average Bonchev–Trinajstić information content (AvgIpc) is 3.37. The van der Waals surface area contributed by atoms with Crippen LogP contribution in [0.15, 0.2) is 18.2 Å². The zero-order chi connectivity index (χ0) is 19.4. The fourth-order valence-electron chi connectivity index (χ4n) is 7.68. The van der Waals surface area contributed by atoms with Gasteiger partial charge in [0.25, 0.3) is 0 Å². The monoisotopic (exact) mass is 382 g/mol. The van der Waals surface area contributed by atoms with Gasteiger partial charge in [0.1, 0.15) is 5.75 Å². The summed E-state index contributed by atoms with van der Waals surface area (Å²) in [6.07, 6.45) is 13.3. The molecule has 0 N–H and O–H groups in total. The van der Waals surface area contributed by atoms with Crippen molar-refractivity contribution in [3.63, 3.8) is 0 Å². The maximum absolute atomic E-state index is 6.75. The lowest BCUT2D eigenvalue weighted by molar-refractivity contribution is -0.0995. The zero-order valence-corrected chi connectivity index (χ0v) is 18.1.